The lowest BCUT2D eigenvalue weighted by Gasteiger charge is -2.26. The summed E-state index contributed by atoms with van der Waals surface area (Å²) in [5.74, 6) is 7.43. The number of hydrogen-bond donors (Lipinski definition) is 0. The Morgan fingerprint density at radius 1 is 0.848 bits per heavy atom. The highest BCUT2D eigenvalue weighted by molar-refractivity contribution is 5.85. The standard InChI is InChI=1S/C32H33F/c1-3-5-6-25-11-13-27(14-12-25)17-19-29-20-21-30-23-28(18-22-31(30)32(29)33)16-15-26-9-7-24(4-2)8-10-26/h3-4,11-14,18,20-24,26H,1-2,5-10,15-16H2. The highest BCUT2D eigenvalue weighted by atomic mass is 19.1. The SMILES string of the molecule is C=CCCc1ccc(C#Cc2ccc3cc(CCC4CCC(C=C)CC4)ccc3c2F)cc1. The van der Waals surface area contributed by atoms with Gasteiger partial charge in [0.25, 0.3) is 0 Å². The number of hydrogen-bond acceptors (Lipinski definition) is 0. The van der Waals surface area contributed by atoms with Gasteiger partial charge in [-0.25, -0.2) is 4.39 Å². The first kappa shape index (κ1) is 23.1. The van der Waals surface area contributed by atoms with E-state index in [1.807, 2.05) is 36.4 Å². The summed E-state index contributed by atoms with van der Waals surface area (Å²) in [4.78, 5) is 0. The van der Waals surface area contributed by atoms with Crippen molar-refractivity contribution < 1.29 is 4.39 Å². The molecule has 0 aliphatic heterocycles. The zero-order chi connectivity index (χ0) is 23.0. The van der Waals surface area contributed by atoms with Crippen molar-refractivity contribution in [3.05, 3.63) is 108 Å². The van der Waals surface area contributed by atoms with Crippen LogP contribution in [-0.2, 0) is 12.8 Å². The van der Waals surface area contributed by atoms with E-state index in [1.165, 1.54) is 43.2 Å². The van der Waals surface area contributed by atoms with Gasteiger partial charge in [0.2, 0.25) is 0 Å². The minimum absolute atomic E-state index is 0.225. The summed E-state index contributed by atoms with van der Waals surface area (Å²) >= 11 is 0. The summed E-state index contributed by atoms with van der Waals surface area (Å²) in [5.41, 5.74) is 3.90. The van der Waals surface area contributed by atoms with E-state index in [-0.39, 0.29) is 5.82 Å². The van der Waals surface area contributed by atoms with Crippen LogP contribution in [0.3, 0.4) is 0 Å². The molecule has 0 bridgehead atoms. The van der Waals surface area contributed by atoms with Gasteiger partial charge >= 0.3 is 0 Å². The first-order valence-corrected chi connectivity index (χ1v) is 12.2. The van der Waals surface area contributed by atoms with E-state index in [1.54, 1.807) is 0 Å². The van der Waals surface area contributed by atoms with Crippen molar-refractivity contribution >= 4 is 10.8 Å². The summed E-state index contributed by atoms with van der Waals surface area (Å²) in [6.45, 7) is 7.71. The third-order valence-electron chi connectivity index (χ3n) is 7.02. The number of benzene rings is 3. The van der Waals surface area contributed by atoms with Crippen molar-refractivity contribution in [2.75, 3.05) is 0 Å². The van der Waals surface area contributed by atoms with Gasteiger partial charge in [-0.2, -0.15) is 0 Å². The molecule has 0 atom stereocenters. The third kappa shape index (κ3) is 6.02. The summed E-state index contributed by atoms with van der Waals surface area (Å²) < 4.78 is 15.1. The smallest absolute Gasteiger partial charge is 0.146 e. The molecule has 0 unspecified atom stereocenters. The molecule has 1 heteroatoms. The van der Waals surface area contributed by atoms with Gasteiger partial charge in [0.1, 0.15) is 5.82 Å². The number of allylic oxidation sites excluding steroid dienone is 2. The van der Waals surface area contributed by atoms with Gasteiger partial charge in [-0.3, -0.25) is 0 Å². The van der Waals surface area contributed by atoms with Crippen LogP contribution in [0.5, 0.6) is 0 Å². The van der Waals surface area contributed by atoms with E-state index in [9.17, 15) is 0 Å². The number of fused-ring (bicyclic) bond motifs is 1. The maximum absolute atomic E-state index is 15.1. The third-order valence-corrected chi connectivity index (χ3v) is 7.02. The Bertz CT molecular complexity index is 1160. The fourth-order valence-corrected chi connectivity index (χ4v) is 4.84. The average Bonchev–Trinajstić information content (AvgIpc) is 2.86. The Hall–Kier alpha value is -3.11. The molecule has 1 saturated carbocycles. The van der Waals surface area contributed by atoms with Gasteiger partial charge in [-0.1, -0.05) is 60.4 Å². The molecule has 1 fully saturated rings. The molecule has 0 N–H and O–H groups in total. The molecule has 3 aromatic carbocycles. The largest absolute Gasteiger partial charge is 0.205 e. The minimum atomic E-state index is -0.225. The molecule has 3 aromatic rings. The molecule has 0 radical (unpaired) electrons. The van der Waals surface area contributed by atoms with E-state index in [2.05, 4.69) is 55.3 Å². The van der Waals surface area contributed by atoms with Crippen molar-refractivity contribution in [3.8, 4) is 11.8 Å². The molecular formula is C32H33F. The first-order valence-electron chi connectivity index (χ1n) is 12.2. The van der Waals surface area contributed by atoms with E-state index < -0.39 is 0 Å². The minimum Gasteiger partial charge on any atom is -0.205 e. The van der Waals surface area contributed by atoms with Crippen LogP contribution < -0.4 is 0 Å². The van der Waals surface area contributed by atoms with Crippen molar-refractivity contribution in [3.63, 3.8) is 0 Å². The lowest BCUT2D eigenvalue weighted by atomic mass is 9.79. The van der Waals surface area contributed by atoms with Gasteiger partial charge in [0.05, 0.1) is 5.56 Å². The molecule has 0 spiro atoms. The summed E-state index contributed by atoms with van der Waals surface area (Å²) in [6, 6.07) is 18.1. The Kier molecular flexibility index (Phi) is 7.79. The van der Waals surface area contributed by atoms with Crippen LogP contribution in [-0.4, -0.2) is 0 Å². The van der Waals surface area contributed by atoms with Crippen LogP contribution in [0, 0.1) is 29.5 Å². The van der Waals surface area contributed by atoms with Gasteiger partial charge in [-0.05, 0) is 97.9 Å². The van der Waals surface area contributed by atoms with Crippen LogP contribution in [0.1, 0.15) is 60.8 Å². The maximum atomic E-state index is 15.1. The van der Waals surface area contributed by atoms with E-state index >= 15 is 4.39 Å². The van der Waals surface area contributed by atoms with Crippen LogP contribution in [0.2, 0.25) is 0 Å². The predicted octanol–water partition coefficient (Wildman–Crippen LogP) is 8.42. The second kappa shape index (κ2) is 11.2. The topological polar surface area (TPSA) is 0 Å². The summed E-state index contributed by atoms with van der Waals surface area (Å²) in [5, 5.41) is 1.61. The van der Waals surface area contributed by atoms with Crippen molar-refractivity contribution in [2.45, 2.75) is 51.4 Å². The van der Waals surface area contributed by atoms with Crippen molar-refractivity contribution in [1.29, 1.82) is 0 Å². The normalized spacial score (nSPS) is 17.8. The zero-order valence-corrected chi connectivity index (χ0v) is 19.5. The molecule has 0 aromatic heterocycles. The van der Waals surface area contributed by atoms with Gasteiger partial charge in [0, 0.05) is 10.9 Å². The Balaban J connectivity index is 1.42. The van der Waals surface area contributed by atoms with Gasteiger partial charge < -0.3 is 0 Å². The molecule has 0 heterocycles. The number of rotatable bonds is 7. The second-order valence-electron chi connectivity index (χ2n) is 9.31. The highest BCUT2D eigenvalue weighted by Crippen LogP contribution is 2.32. The molecule has 1 aliphatic carbocycles. The van der Waals surface area contributed by atoms with E-state index in [4.69, 9.17) is 0 Å². The van der Waals surface area contributed by atoms with Gasteiger partial charge in [0.15, 0.2) is 0 Å². The highest BCUT2D eigenvalue weighted by Gasteiger charge is 2.19. The average molecular weight is 437 g/mol. The molecular weight excluding hydrogens is 403 g/mol. The maximum Gasteiger partial charge on any atom is 0.146 e. The van der Waals surface area contributed by atoms with E-state index in [0.717, 1.165) is 36.1 Å². The molecule has 0 nitrogen and oxygen atoms in total. The summed E-state index contributed by atoms with van der Waals surface area (Å²) in [7, 11) is 0. The Morgan fingerprint density at radius 3 is 2.33 bits per heavy atom. The predicted molar refractivity (Wildman–Crippen MR) is 139 cm³/mol. The Morgan fingerprint density at radius 2 is 1.61 bits per heavy atom. The molecule has 4 rings (SSSR count). The molecule has 0 amide bonds. The number of halogens is 1. The lowest BCUT2D eigenvalue weighted by Crippen LogP contribution is -2.13. The molecule has 33 heavy (non-hydrogen) atoms. The molecule has 0 saturated heterocycles. The van der Waals surface area contributed by atoms with Crippen molar-refractivity contribution in [1.82, 2.24) is 0 Å². The lowest BCUT2D eigenvalue weighted by molar-refractivity contribution is 0.296. The molecule has 1 aliphatic rings. The first-order chi connectivity index (χ1) is 16.2. The Labute approximate surface area is 198 Å². The monoisotopic (exact) mass is 436 g/mol. The van der Waals surface area contributed by atoms with Crippen LogP contribution in [0.4, 0.5) is 4.39 Å². The second-order valence-corrected chi connectivity index (χ2v) is 9.31. The molecule has 168 valence electrons. The van der Waals surface area contributed by atoms with Crippen molar-refractivity contribution in [2.24, 2.45) is 11.8 Å². The summed E-state index contributed by atoms with van der Waals surface area (Å²) in [6.07, 6.45) is 13.4. The quantitative estimate of drug-likeness (QED) is 0.257. The fraction of sp³-hybridized carbons (Fsp3) is 0.312. The number of aryl methyl sites for hydroxylation is 2. The van der Waals surface area contributed by atoms with E-state index in [0.29, 0.717) is 16.9 Å². The zero-order valence-electron chi connectivity index (χ0n) is 19.5. The fourth-order valence-electron chi connectivity index (χ4n) is 4.84. The van der Waals surface area contributed by atoms with Gasteiger partial charge in [-0.15, -0.1) is 13.2 Å². The van der Waals surface area contributed by atoms with Crippen LogP contribution in [0.15, 0.2) is 79.9 Å². The van der Waals surface area contributed by atoms with Crippen LogP contribution >= 0.6 is 0 Å². The van der Waals surface area contributed by atoms with Crippen LogP contribution in [0.25, 0.3) is 10.8 Å².